The summed E-state index contributed by atoms with van der Waals surface area (Å²) in [7, 11) is 0. The molecule has 7 aromatic carbocycles. The molecule has 11 rings (SSSR count). The van der Waals surface area contributed by atoms with E-state index in [1.807, 2.05) is 72.8 Å². The standard InChI is InChI=1S/C40H18N2O4/c43-33-17-31-25-13-9-19-22-12-16-28-38-26(32-18-34(44)24-6-2-4-8-30(24)42(32)40(28)46)14-10-20(36(22)38)21-11-15-27(37(25)35(19)21)39(45)41(31)29-7-3-1-5-23(29)33/h1-18H. The lowest BCUT2D eigenvalue weighted by Crippen LogP contribution is -2.18. The molecule has 0 unspecified atom stereocenters. The zero-order valence-electron chi connectivity index (χ0n) is 23.9. The highest BCUT2D eigenvalue weighted by atomic mass is 16.1. The van der Waals surface area contributed by atoms with Crippen LogP contribution in [0.5, 0.6) is 0 Å². The molecule has 0 aliphatic rings. The Bertz CT molecular complexity index is 3200. The van der Waals surface area contributed by atoms with Crippen LogP contribution in [0.1, 0.15) is 0 Å². The first kappa shape index (κ1) is 24.0. The Kier molecular flexibility index (Phi) is 4.07. The summed E-state index contributed by atoms with van der Waals surface area (Å²) in [5.74, 6) is 0. The van der Waals surface area contributed by atoms with Gasteiger partial charge in [0.05, 0.1) is 22.1 Å². The van der Waals surface area contributed by atoms with Crippen LogP contribution in [-0.4, -0.2) is 8.80 Å². The fourth-order valence-electron chi connectivity index (χ4n) is 8.29. The van der Waals surface area contributed by atoms with Crippen LogP contribution in [0.2, 0.25) is 0 Å². The minimum Gasteiger partial charge on any atom is -0.289 e. The smallest absolute Gasteiger partial charge is 0.263 e. The number of pyridine rings is 4. The molecule has 0 radical (unpaired) electrons. The fraction of sp³-hybridized carbons (Fsp3) is 0. The topological polar surface area (TPSA) is 77.1 Å². The maximum atomic E-state index is 14.2. The molecule has 6 heteroatoms. The number of fused-ring (bicyclic) bond motifs is 10. The van der Waals surface area contributed by atoms with Crippen molar-refractivity contribution in [1.29, 1.82) is 0 Å². The molecule has 46 heavy (non-hydrogen) atoms. The van der Waals surface area contributed by atoms with Gasteiger partial charge in [-0.2, -0.15) is 0 Å². The normalized spacial score (nSPS) is 12.7. The third-order valence-electron chi connectivity index (χ3n) is 10.2. The van der Waals surface area contributed by atoms with E-state index in [1.165, 1.54) is 0 Å². The van der Waals surface area contributed by atoms with E-state index in [4.69, 9.17) is 0 Å². The molecule has 4 heterocycles. The molecule has 0 fully saturated rings. The number of aromatic nitrogens is 2. The van der Waals surface area contributed by atoms with Gasteiger partial charge < -0.3 is 0 Å². The van der Waals surface area contributed by atoms with Crippen LogP contribution in [0.4, 0.5) is 0 Å². The van der Waals surface area contributed by atoms with E-state index < -0.39 is 0 Å². The average molecular weight is 591 g/mol. The molecule has 0 atom stereocenters. The van der Waals surface area contributed by atoms with Gasteiger partial charge in [-0.25, -0.2) is 0 Å². The molecule has 212 valence electrons. The number of hydrogen-bond donors (Lipinski definition) is 0. The first-order valence-corrected chi connectivity index (χ1v) is 15.1. The van der Waals surface area contributed by atoms with Crippen LogP contribution in [0.25, 0.3) is 97.5 Å². The largest absolute Gasteiger partial charge is 0.289 e. The van der Waals surface area contributed by atoms with Gasteiger partial charge in [0.25, 0.3) is 11.1 Å². The maximum absolute atomic E-state index is 14.2. The predicted octanol–water partition coefficient (Wildman–Crippen LogP) is 7.17. The molecule has 4 aromatic heterocycles. The summed E-state index contributed by atoms with van der Waals surface area (Å²) in [5.41, 5.74) is 1.77. The Morgan fingerprint density at radius 3 is 1.04 bits per heavy atom. The summed E-state index contributed by atoms with van der Waals surface area (Å²) < 4.78 is 3.32. The van der Waals surface area contributed by atoms with Crippen LogP contribution in [0.15, 0.2) is 128 Å². The predicted molar refractivity (Wildman–Crippen MR) is 187 cm³/mol. The zero-order valence-corrected chi connectivity index (χ0v) is 23.9. The Balaban J connectivity index is 1.39. The van der Waals surface area contributed by atoms with E-state index in [0.717, 1.165) is 53.9 Å². The third-order valence-corrected chi connectivity index (χ3v) is 10.2. The fourth-order valence-corrected chi connectivity index (χ4v) is 8.29. The molecule has 0 saturated heterocycles. The number of hydrogen-bond acceptors (Lipinski definition) is 4. The molecule has 0 aliphatic heterocycles. The lowest BCUT2D eigenvalue weighted by Gasteiger charge is -2.20. The monoisotopic (exact) mass is 590 g/mol. The van der Waals surface area contributed by atoms with Gasteiger partial charge in [0.15, 0.2) is 10.9 Å². The van der Waals surface area contributed by atoms with Gasteiger partial charge in [-0.15, -0.1) is 0 Å². The van der Waals surface area contributed by atoms with Gasteiger partial charge in [0.1, 0.15) is 0 Å². The maximum Gasteiger partial charge on any atom is 0.263 e. The molecule has 0 saturated carbocycles. The van der Waals surface area contributed by atoms with Crippen molar-refractivity contribution < 1.29 is 0 Å². The highest BCUT2D eigenvalue weighted by molar-refractivity contribution is 6.40. The highest BCUT2D eigenvalue weighted by Crippen LogP contribution is 2.45. The van der Waals surface area contributed by atoms with Gasteiger partial charge in [-0.05, 0) is 68.7 Å². The average Bonchev–Trinajstić information content (AvgIpc) is 3.09. The van der Waals surface area contributed by atoms with Crippen molar-refractivity contribution in [3.05, 3.63) is 150 Å². The Morgan fingerprint density at radius 2 is 0.630 bits per heavy atom. The Hall–Kier alpha value is -6.40. The molecule has 6 nitrogen and oxygen atoms in total. The van der Waals surface area contributed by atoms with Crippen molar-refractivity contribution in [3.63, 3.8) is 0 Å². The second-order valence-corrected chi connectivity index (χ2v) is 12.2. The lowest BCUT2D eigenvalue weighted by atomic mass is 9.85. The van der Waals surface area contributed by atoms with Gasteiger partial charge in [0.2, 0.25) is 0 Å². The van der Waals surface area contributed by atoms with Crippen molar-refractivity contribution in [2.45, 2.75) is 0 Å². The number of rotatable bonds is 0. The molecule has 11 aromatic rings. The van der Waals surface area contributed by atoms with E-state index in [0.29, 0.717) is 43.6 Å². The highest BCUT2D eigenvalue weighted by Gasteiger charge is 2.23. The van der Waals surface area contributed by atoms with E-state index in [2.05, 4.69) is 12.1 Å². The summed E-state index contributed by atoms with van der Waals surface area (Å²) in [6.07, 6.45) is 0. The zero-order chi connectivity index (χ0) is 30.6. The van der Waals surface area contributed by atoms with Crippen LogP contribution in [0, 0.1) is 0 Å². The van der Waals surface area contributed by atoms with Crippen molar-refractivity contribution in [2.24, 2.45) is 0 Å². The first-order chi connectivity index (χ1) is 22.5. The van der Waals surface area contributed by atoms with Crippen LogP contribution in [-0.2, 0) is 0 Å². The summed E-state index contributed by atoms with van der Waals surface area (Å²) in [5, 5.41) is 11.3. The van der Waals surface area contributed by atoms with E-state index in [-0.39, 0.29) is 22.0 Å². The first-order valence-electron chi connectivity index (χ1n) is 15.1. The quantitative estimate of drug-likeness (QED) is 0.139. The summed E-state index contributed by atoms with van der Waals surface area (Å²) >= 11 is 0. The van der Waals surface area contributed by atoms with Gasteiger partial charge in [-0.1, -0.05) is 60.7 Å². The van der Waals surface area contributed by atoms with E-state index in [1.54, 1.807) is 33.1 Å². The number of nitrogens with zero attached hydrogens (tertiary/aromatic N) is 2. The second-order valence-electron chi connectivity index (χ2n) is 12.2. The minimum atomic E-state index is -0.168. The third kappa shape index (κ3) is 2.58. The van der Waals surface area contributed by atoms with Crippen LogP contribution >= 0.6 is 0 Å². The summed E-state index contributed by atoms with van der Waals surface area (Å²) in [6, 6.07) is 33.5. The molecule has 0 spiro atoms. The molecular formula is C40H18N2O4. The second kappa shape index (κ2) is 7.81. The van der Waals surface area contributed by atoms with Gasteiger partial charge in [-0.3, -0.25) is 28.0 Å². The van der Waals surface area contributed by atoms with Crippen molar-refractivity contribution >= 4 is 97.5 Å². The Morgan fingerprint density at radius 1 is 0.304 bits per heavy atom. The number of para-hydroxylation sites is 2. The van der Waals surface area contributed by atoms with E-state index in [9.17, 15) is 19.2 Å². The van der Waals surface area contributed by atoms with Crippen LogP contribution in [0.3, 0.4) is 0 Å². The number of benzene rings is 7. The molecule has 0 N–H and O–H groups in total. The molecule has 0 aliphatic carbocycles. The minimum absolute atomic E-state index is 0.125. The lowest BCUT2D eigenvalue weighted by molar-refractivity contribution is 1.18. The van der Waals surface area contributed by atoms with Crippen LogP contribution < -0.4 is 22.0 Å². The van der Waals surface area contributed by atoms with Crippen molar-refractivity contribution in [1.82, 2.24) is 8.80 Å². The molecular weight excluding hydrogens is 572 g/mol. The van der Waals surface area contributed by atoms with Crippen molar-refractivity contribution in [3.8, 4) is 0 Å². The Labute approximate surface area is 256 Å². The van der Waals surface area contributed by atoms with Gasteiger partial charge >= 0.3 is 0 Å². The van der Waals surface area contributed by atoms with Crippen molar-refractivity contribution in [2.75, 3.05) is 0 Å². The molecule has 0 amide bonds. The van der Waals surface area contributed by atoms with E-state index >= 15 is 0 Å². The van der Waals surface area contributed by atoms with Gasteiger partial charge in [0, 0.05) is 55.2 Å². The summed E-state index contributed by atoms with van der Waals surface area (Å²) in [4.78, 5) is 54.8. The SMILES string of the molecule is O=c1cc2c3ccc4c5ccc6c(=O)n7c8ccccc8c(=O)cc7c7ccc(c8ccc(c(=O)n2c2ccccc12)c3c84)c5c67. The summed E-state index contributed by atoms with van der Waals surface area (Å²) in [6.45, 7) is 0. The molecule has 0 bridgehead atoms.